The number of nitrogens with zero attached hydrogens (tertiary/aromatic N) is 1. The van der Waals surface area contributed by atoms with Gasteiger partial charge in [-0.3, -0.25) is 4.79 Å². The molecule has 0 aliphatic carbocycles. The Morgan fingerprint density at radius 1 is 1.16 bits per heavy atom. The topological polar surface area (TPSA) is 55.1 Å². The number of aromatic nitrogens is 1. The minimum atomic E-state index is -0.204. The summed E-state index contributed by atoms with van der Waals surface area (Å²) in [7, 11) is 0. The summed E-state index contributed by atoms with van der Waals surface area (Å²) >= 11 is 1.55. The third kappa shape index (κ3) is 6.94. The Morgan fingerprint density at radius 3 is 2.48 bits per heavy atom. The summed E-state index contributed by atoms with van der Waals surface area (Å²) in [5.41, 5.74) is 1.79. The fourth-order valence-corrected chi connectivity index (χ4v) is 3.82. The molecule has 1 aromatic carbocycles. The molecule has 0 unspecified atom stereocenters. The van der Waals surface area contributed by atoms with E-state index in [4.69, 9.17) is 4.42 Å². The minimum absolute atomic E-state index is 0.0611. The van der Waals surface area contributed by atoms with Gasteiger partial charge in [-0.25, -0.2) is 4.98 Å². The van der Waals surface area contributed by atoms with Crippen molar-refractivity contribution >= 4 is 17.7 Å². The summed E-state index contributed by atoms with van der Waals surface area (Å²) in [6, 6.07) is 9.80. The van der Waals surface area contributed by atoms with Crippen molar-refractivity contribution in [2.45, 2.75) is 52.3 Å². The highest BCUT2D eigenvalue weighted by atomic mass is 32.2. The SMILES string of the molecule is CC(C)(C)CC(C)(C)NC(=O)CSCc1coc(-c2ccccc2)n1. The quantitative estimate of drug-likeness (QED) is 0.762. The van der Waals surface area contributed by atoms with Gasteiger partial charge in [0.05, 0.1) is 11.4 Å². The predicted molar refractivity (Wildman–Crippen MR) is 104 cm³/mol. The van der Waals surface area contributed by atoms with E-state index in [0.717, 1.165) is 17.7 Å². The number of carbonyl (C=O) groups excluding carboxylic acids is 1. The minimum Gasteiger partial charge on any atom is -0.444 e. The fraction of sp³-hybridized carbons (Fsp3) is 0.500. The highest BCUT2D eigenvalue weighted by molar-refractivity contribution is 7.99. The van der Waals surface area contributed by atoms with Gasteiger partial charge in [0.2, 0.25) is 11.8 Å². The number of thioether (sulfide) groups is 1. The monoisotopic (exact) mass is 360 g/mol. The van der Waals surface area contributed by atoms with Crippen molar-refractivity contribution in [1.82, 2.24) is 10.3 Å². The Labute approximate surface area is 154 Å². The molecule has 0 saturated heterocycles. The Bertz CT molecular complexity index is 687. The van der Waals surface area contributed by atoms with Gasteiger partial charge in [0, 0.05) is 16.9 Å². The van der Waals surface area contributed by atoms with Crippen LogP contribution in [0, 0.1) is 5.41 Å². The van der Waals surface area contributed by atoms with Gasteiger partial charge in [-0.05, 0) is 37.8 Å². The molecule has 0 aliphatic rings. The number of oxazole rings is 1. The molecule has 1 heterocycles. The third-order valence-corrected chi connectivity index (χ3v) is 4.47. The molecule has 1 N–H and O–H groups in total. The molecule has 2 aromatic rings. The molecule has 1 amide bonds. The largest absolute Gasteiger partial charge is 0.444 e. The molecule has 5 heteroatoms. The lowest BCUT2D eigenvalue weighted by atomic mass is 9.82. The van der Waals surface area contributed by atoms with E-state index in [9.17, 15) is 4.79 Å². The van der Waals surface area contributed by atoms with E-state index in [-0.39, 0.29) is 16.9 Å². The van der Waals surface area contributed by atoms with Crippen LogP contribution in [0.5, 0.6) is 0 Å². The van der Waals surface area contributed by atoms with Crippen LogP contribution in [-0.2, 0) is 10.5 Å². The first-order chi connectivity index (χ1) is 11.6. The Morgan fingerprint density at radius 2 is 1.84 bits per heavy atom. The van der Waals surface area contributed by atoms with Crippen molar-refractivity contribution in [2.24, 2.45) is 5.41 Å². The summed E-state index contributed by atoms with van der Waals surface area (Å²) < 4.78 is 5.52. The Kier molecular flexibility index (Phi) is 6.33. The maximum Gasteiger partial charge on any atom is 0.230 e. The molecule has 1 aromatic heterocycles. The van der Waals surface area contributed by atoms with Crippen LogP contribution in [0.2, 0.25) is 0 Å². The number of rotatable bonds is 7. The van der Waals surface area contributed by atoms with Crippen LogP contribution in [0.25, 0.3) is 11.5 Å². The highest BCUT2D eigenvalue weighted by Gasteiger charge is 2.26. The van der Waals surface area contributed by atoms with Gasteiger partial charge < -0.3 is 9.73 Å². The van der Waals surface area contributed by atoms with Crippen LogP contribution in [0.15, 0.2) is 41.0 Å². The first kappa shape index (κ1) is 19.6. The first-order valence-corrected chi connectivity index (χ1v) is 9.69. The second-order valence-corrected chi connectivity index (χ2v) is 9.16. The van der Waals surface area contributed by atoms with Gasteiger partial charge in [0.1, 0.15) is 6.26 Å². The number of benzene rings is 1. The number of hydrogen-bond donors (Lipinski definition) is 1. The normalized spacial score (nSPS) is 12.2. The smallest absolute Gasteiger partial charge is 0.230 e. The molecular formula is C20H28N2O2S. The van der Waals surface area contributed by atoms with Gasteiger partial charge in [-0.1, -0.05) is 39.0 Å². The summed E-state index contributed by atoms with van der Waals surface area (Å²) in [5.74, 6) is 1.75. The van der Waals surface area contributed by atoms with E-state index < -0.39 is 0 Å². The van der Waals surface area contributed by atoms with Crippen LogP contribution in [0.3, 0.4) is 0 Å². The summed E-state index contributed by atoms with van der Waals surface area (Å²) in [6.45, 7) is 10.7. The Balaban J connectivity index is 1.79. The zero-order valence-electron chi connectivity index (χ0n) is 15.8. The molecule has 25 heavy (non-hydrogen) atoms. The maximum atomic E-state index is 12.2. The molecular weight excluding hydrogens is 332 g/mol. The van der Waals surface area contributed by atoms with Gasteiger partial charge >= 0.3 is 0 Å². The fourth-order valence-electron chi connectivity index (χ4n) is 3.12. The third-order valence-electron chi connectivity index (χ3n) is 3.51. The van der Waals surface area contributed by atoms with Gasteiger partial charge in [-0.15, -0.1) is 11.8 Å². The summed E-state index contributed by atoms with van der Waals surface area (Å²) in [4.78, 5) is 16.7. The van der Waals surface area contributed by atoms with Gasteiger partial charge in [0.15, 0.2) is 0 Å². The van der Waals surface area contributed by atoms with Crippen LogP contribution in [0.4, 0.5) is 0 Å². The van der Waals surface area contributed by atoms with Crippen molar-refractivity contribution in [2.75, 3.05) is 5.75 Å². The van der Waals surface area contributed by atoms with Crippen LogP contribution in [-0.4, -0.2) is 22.2 Å². The number of hydrogen-bond acceptors (Lipinski definition) is 4. The van der Waals surface area contributed by atoms with Crippen molar-refractivity contribution in [3.63, 3.8) is 0 Å². The number of carbonyl (C=O) groups is 1. The van der Waals surface area contributed by atoms with Gasteiger partial charge in [-0.2, -0.15) is 0 Å². The average Bonchev–Trinajstić information content (AvgIpc) is 2.94. The van der Waals surface area contributed by atoms with E-state index in [2.05, 4.69) is 44.9 Å². The van der Waals surface area contributed by atoms with E-state index in [0.29, 0.717) is 17.4 Å². The second-order valence-electron chi connectivity index (χ2n) is 8.17. The second kappa shape index (κ2) is 8.09. The van der Waals surface area contributed by atoms with Crippen molar-refractivity contribution in [3.8, 4) is 11.5 Å². The molecule has 4 nitrogen and oxygen atoms in total. The molecule has 0 radical (unpaired) electrons. The van der Waals surface area contributed by atoms with E-state index >= 15 is 0 Å². The molecule has 2 rings (SSSR count). The van der Waals surface area contributed by atoms with E-state index in [1.54, 1.807) is 18.0 Å². The van der Waals surface area contributed by atoms with Crippen molar-refractivity contribution in [1.29, 1.82) is 0 Å². The lowest BCUT2D eigenvalue weighted by molar-refractivity contribution is -0.120. The lowest BCUT2D eigenvalue weighted by Crippen LogP contribution is -2.46. The van der Waals surface area contributed by atoms with Crippen LogP contribution >= 0.6 is 11.8 Å². The molecule has 136 valence electrons. The zero-order valence-corrected chi connectivity index (χ0v) is 16.6. The maximum absolute atomic E-state index is 12.2. The predicted octanol–water partition coefficient (Wildman–Crippen LogP) is 4.91. The standard InChI is InChI=1S/C20H28N2O2S/c1-19(2,3)14-20(4,5)22-17(23)13-25-12-16-11-24-18(21-16)15-9-7-6-8-10-15/h6-11H,12-14H2,1-5H3,(H,22,23). The highest BCUT2D eigenvalue weighted by Crippen LogP contribution is 2.27. The van der Waals surface area contributed by atoms with Crippen molar-refractivity contribution in [3.05, 3.63) is 42.3 Å². The molecule has 0 bridgehead atoms. The average molecular weight is 361 g/mol. The molecule has 0 spiro atoms. The Hall–Kier alpha value is -1.75. The van der Waals surface area contributed by atoms with E-state index in [1.165, 1.54) is 0 Å². The van der Waals surface area contributed by atoms with E-state index in [1.807, 2.05) is 30.3 Å². The zero-order chi connectivity index (χ0) is 18.5. The van der Waals surface area contributed by atoms with Crippen LogP contribution in [0.1, 0.15) is 46.7 Å². The molecule has 0 saturated carbocycles. The lowest BCUT2D eigenvalue weighted by Gasteiger charge is -2.33. The van der Waals surface area contributed by atoms with Crippen LogP contribution < -0.4 is 5.32 Å². The first-order valence-electron chi connectivity index (χ1n) is 8.53. The summed E-state index contributed by atoms with van der Waals surface area (Å²) in [6.07, 6.45) is 2.59. The molecule has 0 atom stereocenters. The molecule has 0 fully saturated rings. The number of nitrogens with one attached hydrogen (secondary N) is 1. The van der Waals surface area contributed by atoms with Crippen molar-refractivity contribution < 1.29 is 9.21 Å². The number of amides is 1. The summed E-state index contributed by atoms with van der Waals surface area (Å²) in [5, 5.41) is 3.13. The molecule has 0 aliphatic heterocycles. The van der Waals surface area contributed by atoms with Gasteiger partial charge in [0.25, 0.3) is 0 Å².